The Morgan fingerprint density at radius 3 is 2.20 bits per heavy atom. The Kier molecular flexibility index (Phi) is 4.35. The summed E-state index contributed by atoms with van der Waals surface area (Å²) in [6.07, 6.45) is 11.8. The van der Waals surface area contributed by atoms with Crippen LogP contribution in [0, 0.1) is 23.2 Å². The number of carbonyl (C=O) groups is 1. The van der Waals surface area contributed by atoms with E-state index in [1.165, 1.54) is 38.5 Å². The van der Waals surface area contributed by atoms with Crippen LogP contribution in [-0.2, 0) is 4.79 Å². The van der Waals surface area contributed by atoms with E-state index in [4.69, 9.17) is 4.74 Å². The first-order valence-corrected chi connectivity index (χ1v) is 9.69. The van der Waals surface area contributed by atoms with E-state index in [1.54, 1.807) is 13.2 Å². The summed E-state index contributed by atoms with van der Waals surface area (Å²) in [6.45, 7) is 2.23. The van der Waals surface area contributed by atoms with Crippen LogP contribution in [0.15, 0.2) is 30.3 Å². The molecule has 0 saturated heterocycles. The van der Waals surface area contributed by atoms with Gasteiger partial charge >= 0.3 is 0 Å². The predicted molar refractivity (Wildman–Crippen MR) is 100 cm³/mol. The highest BCUT2D eigenvalue weighted by molar-refractivity contribution is 5.91. The second-order valence-corrected chi connectivity index (χ2v) is 8.62. The minimum Gasteiger partial charge on any atom is -0.497 e. The highest BCUT2D eigenvalue weighted by Gasteiger charge is 2.53. The first kappa shape index (κ1) is 16.7. The van der Waals surface area contributed by atoms with E-state index in [-0.39, 0.29) is 11.9 Å². The third-order valence-corrected chi connectivity index (χ3v) is 6.91. The largest absolute Gasteiger partial charge is 0.497 e. The topological polar surface area (TPSA) is 38.3 Å². The molecule has 0 aromatic heterocycles. The van der Waals surface area contributed by atoms with Gasteiger partial charge in [-0.25, -0.2) is 0 Å². The maximum absolute atomic E-state index is 12.4. The fourth-order valence-corrected chi connectivity index (χ4v) is 6.01. The summed E-state index contributed by atoms with van der Waals surface area (Å²) in [6, 6.07) is 8.02. The number of carbonyl (C=O) groups excluding carboxylic acids is 1. The molecule has 1 aromatic rings. The summed E-state index contributed by atoms with van der Waals surface area (Å²) < 4.78 is 5.16. The lowest BCUT2D eigenvalue weighted by molar-refractivity contribution is -0.121. The Morgan fingerprint density at radius 1 is 1.12 bits per heavy atom. The van der Waals surface area contributed by atoms with Crippen LogP contribution < -0.4 is 10.1 Å². The van der Waals surface area contributed by atoms with Crippen molar-refractivity contribution in [3.05, 3.63) is 35.9 Å². The normalized spacial score (nSPS) is 34.2. The van der Waals surface area contributed by atoms with Crippen molar-refractivity contribution >= 4 is 12.0 Å². The van der Waals surface area contributed by atoms with E-state index in [2.05, 4.69) is 12.2 Å². The second-order valence-electron chi connectivity index (χ2n) is 8.62. The molecule has 25 heavy (non-hydrogen) atoms. The number of ether oxygens (including phenoxy) is 1. The Hall–Kier alpha value is -1.77. The molecular weight excluding hydrogens is 310 g/mol. The minimum absolute atomic E-state index is 0.0269. The van der Waals surface area contributed by atoms with Gasteiger partial charge in [0.05, 0.1) is 7.11 Å². The van der Waals surface area contributed by atoms with Gasteiger partial charge in [-0.15, -0.1) is 0 Å². The van der Waals surface area contributed by atoms with Crippen molar-refractivity contribution in [1.29, 1.82) is 0 Å². The molecule has 1 unspecified atom stereocenters. The predicted octanol–water partition coefficient (Wildman–Crippen LogP) is 4.43. The van der Waals surface area contributed by atoms with Crippen LogP contribution in [0.5, 0.6) is 5.75 Å². The number of benzene rings is 1. The van der Waals surface area contributed by atoms with Crippen LogP contribution in [0.1, 0.15) is 51.0 Å². The zero-order valence-corrected chi connectivity index (χ0v) is 15.3. The molecule has 4 aliphatic rings. The number of hydrogen-bond donors (Lipinski definition) is 1. The average molecular weight is 339 g/mol. The zero-order valence-electron chi connectivity index (χ0n) is 15.3. The molecule has 4 bridgehead atoms. The molecular formula is C22H29NO2. The van der Waals surface area contributed by atoms with E-state index >= 15 is 0 Å². The summed E-state index contributed by atoms with van der Waals surface area (Å²) in [4.78, 5) is 12.4. The summed E-state index contributed by atoms with van der Waals surface area (Å²) in [5.74, 6) is 3.61. The standard InChI is InChI=1S/C22H29NO2/c1-15(22-12-17-9-18(13-22)11-19(10-17)14-22)23-21(24)8-5-16-3-6-20(25-2)7-4-16/h3-8,15,17-19H,9-14H2,1-2H3,(H,23,24). The molecule has 134 valence electrons. The SMILES string of the molecule is COc1ccc(C=CC(=O)NC(C)C23CC4CC(CC(C4)C2)C3)cc1. The lowest BCUT2D eigenvalue weighted by Crippen LogP contribution is -2.55. The quantitative estimate of drug-likeness (QED) is 0.806. The molecule has 1 amide bonds. The molecule has 0 radical (unpaired) electrons. The fraction of sp³-hybridized carbons (Fsp3) is 0.591. The Bertz CT molecular complexity index is 626. The van der Waals surface area contributed by atoms with Crippen molar-refractivity contribution in [2.75, 3.05) is 7.11 Å². The summed E-state index contributed by atoms with van der Waals surface area (Å²) >= 11 is 0. The maximum Gasteiger partial charge on any atom is 0.244 e. The first-order chi connectivity index (χ1) is 12.1. The van der Waals surface area contributed by atoms with E-state index in [9.17, 15) is 4.79 Å². The van der Waals surface area contributed by atoms with Crippen molar-refractivity contribution < 1.29 is 9.53 Å². The van der Waals surface area contributed by atoms with Crippen LogP contribution >= 0.6 is 0 Å². The second kappa shape index (κ2) is 6.51. The van der Waals surface area contributed by atoms with Gasteiger partial charge in [-0.2, -0.15) is 0 Å². The molecule has 0 heterocycles. The lowest BCUT2D eigenvalue weighted by atomic mass is 9.48. The molecule has 3 nitrogen and oxygen atoms in total. The van der Waals surface area contributed by atoms with Gasteiger partial charge in [-0.05, 0) is 92.4 Å². The molecule has 0 spiro atoms. The van der Waals surface area contributed by atoms with Crippen LogP contribution in [0.25, 0.3) is 6.08 Å². The molecule has 1 N–H and O–H groups in total. The number of amides is 1. The van der Waals surface area contributed by atoms with Crippen molar-refractivity contribution in [3.63, 3.8) is 0 Å². The van der Waals surface area contributed by atoms with Gasteiger partial charge in [0.1, 0.15) is 5.75 Å². The molecule has 4 fully saturated rings. The highest BCUT2D eigenvalue weighted by atomic mass is 16.5. The fourth-order valence-electron chi connectivity index (χ4n) is 6.01. The maximum atomic E-state index is 12.4. The molecule has 4 aliphatic carbocycles. The molecule has 0 aliphatic heterocycles. The van der Waals surface area contributed by atoms with Crippen LogP contribution in [0.4, 0.5) is 0 Å². The number of rotatable bonds is 5. The number of methoxy groups -OCH3 is 1. The van der Waals surface area contributed by atoms with Crippen LogP contribution in [0.3, 0.4) is 0 Å². The minimum atomic E-state index is 0.0269. The van der Waals surface area contributed by atoms with Crippen molar-refractivity contribution in [2.24, 2.45) is 23.2 Å². The Balaban J connectivity index is 1.38. The van der Waals surface area contributed by atoms with Gasteiger partial charge in [0.25, 0.3) is 0 Å². The van der Waals surface area contributed by atoms with Crippen LogP contribution in [0.2, 0.25) is 0 Å². The Morgan fingerprint density at radius 2 is 1.68 bits per heavy atom. The molecule has 1 aromatic carbocycles. The third-order valence-electron chi connectivity index (χ3n) is 6.91. The van der Waals surface area contributed by atoms with Crippen LogP contribution in [-0.4, -0.2) is 19.1 Å². The lowest BCUT2D eigenvalue weighted by Gasteiger charge is -2.59. The number of hydrogen-bond acceptors (Lipinski definition) is 2. The van der Waals surface area contributed by atoms with E-state index in [0.717, 1.165) is 29.1 Å². The molecule has 1 atom stereocenters. The highest BCUT2D eigenvalue weighted by Crippen LogP contribution is 2.61. The smallest absolute Gasteiger partial charge is 0.244 e. The van der Waals surface area contributed by atoms with E-state index < -0.39 is 0 Å². The molecule has 5 rings (SSSR count). The summed E-state index contributed by atoms with van der Waals surface area (Å²) in [5.41, 5.74) is 1.37. The van der Waals surface area contributed by atoms with Gasteiger partial charge in [0.2, 0.25) is 5.91 Å². The van der Waals surface area contributed by atoms with E-state index in [0.29, 0.717) is 5.41 Å². The van der Waals surface area contributed by atoms with E-state index in [1.807, 2.05) is 30.3 Å². The van der Waals surface area contributed by atoms with Crippen molar-refractivity contribution in [1.82, 2.24) is 5.32 Å². The average Bonchev–Trinajstić information content (AvgIpc) is 2.59. The van der Waals surface area contributed by atoms with Gasteiger partial charge in [-0.3, -0.25) is 4.79 Å². The van der Waals surface area contributed by atoms with Crippen molar-refractivity contribution in [2.45, 2.75) is 51.5 Å². The number of nitrogens with one attached hydrogen (secondary N) is 1. The Labute approximate surface area is 150 Å². The van der Waals surface area contributed by atoms with Crippen molar-refractivity contribution in [3.8, 4) is 5.75 Å². The van der Waals surface area contributed by atoms with Gasteiger partial charge in [0, 0.05) is 12.1 Å². The zero-order chi connectivity index (χ0) is 17.4. The third kappa shape index (κ3) is 3.33. The summed E-state index contributed by atoms with van der Waals surface area (Å²) in [7, 11) is 1.66. The molecule has 4 saturated carbocycles. The summed E-state index contributed by atoms with van der Waals surface area (Å²) in [5, 5.41) is 3.28. The first-order valence-electron chi connectivity index (χ1n) is 9.69. The monoisotopic (exact) mass is 339 g/mol. The van der Waals surface area contributed by atoms with Gasteiger partial charge < -0.3 is 10.1 Å². The molecule has 3 heteroatoms. The van der Waals surface area contributed by atoms with Gasteiger partial charge in [-0.1, -0.05) is 12.1 Å². The van der Waals surface area contributed by atoms with Gasteiger partial charge in [0.15, 0.2) is 0 Å².